The molecule has 1 aromatic heterocycles. The van der Waals surface area contributed by atoms with Crippen LogP contribution in [-0.4, -0.2) is 33.2 Å². The second kappa shape index (κ2) is 6.17. The lowest BCUT2D eigenvalue weighted by molar-refractivity contribution is 0.0449. The van der Waals surface area contributed by atoms with E-state index in [4.69, 9.17) is 0 Å². The predicted molar refractivity (Wildman–Crippen MR) is 67.9 cm³/mol. The molecule has 0 spiro atoms. The summed E-state index contributed by atoms with van der Waals surface area (Å²) in [5.74, 6) is 0. The van der Waals surface area contributed by atoms with Gasteiger partial charge in [0.25, 0.3) is 0 Å². The van der Waals surface area contributed by atoms with E-state index in [1.54, 1.807) is 0 Å². The molecule has 0 aliphatic heterocycles. The third-order valence-electron chi connectivity index (χ3n) is 3.29. The highest BCUT2D eigenvalue weighted by Crippen LogP contribution is 2.28. The number of aromatic nitrogens is 2. The minimum Gasteiger partial charge on any atom is -0.396 e. The Hall–Kier alpha value is -0.870. The molecular formula is C13H24N2O2. The number of rotatable bonds is 7. The third kappa shape index (κ3) is 3.30. The first-order valence-electron chi connectivity index (χ1n) is 6.36. The molecule has 17 heavy (non-hydrogen) atoms. The van der Waals surface area contributed by atoms with Crippen molar-refractivity contribution in [1.29, 1.82) is 0 Å². The molecule has 2 N–H and O–H groups in total. The number of nitrogens with zero attached hydrogens (tertiary/aromatic N) is 2. The second-order valence-corrected chi connectivity index (χ2v) is 4.84. The first-order valence-corrected chi connectivity index (χ1v) is 6.36. The summed E-state index contributed by atoms with van der Waals surface area (Å²) in [6.45, 7) is 6.95. The molecule has 0 aromatic carbocycles. The van der Waals surface area contributed by atoms with E-state index < -0.39 is 5.41 Å². The summed E-state index contributed by atoms with van der Waals surface area (Å²) in [6, 6.07) is 2.04. The van der Waals surface area contributed by atoms with E-state index in [0.29, 0.717) is 6.42 Å². The Kier molecular flexibility index (Phi) is 5.15. The van der Waals surface area contributed by atoms with Crippen molar-refractivity contribution in [3.63, 3.8) is 0 Å². The summed E-state index contributed by atoms with van der Waals surface area (Å²) < 4.78 is 1.95. The van der Waals surface area contributed by atoms with Gasteiger partial charge in [-0.25, -0.2) is 0 Å². The fourth-order valence-electron chi connectivity index (χ4n) is 2.34. The molecule has 0 unspecified atom stereocenters. The number of aliphatic hydroxyl groups excluding tert-OH is 2. The van der Waals surface area contributed by atoms with E-state index in [2.05, 4.69) is 18.9 Å². The Morgan fingerprint density at radius 3 is 2.41 bits per heavy atom. The lowest BCUT2D eigenvalue weighted by atomic mass is 9.80. The van der Waals surface area contributed by atoms with Gasteiger partial charge in [-0.1, -0.05) is 13.3 Å². The van der Waals surface area contributed by atoms with Gasteiger partial charge in [-0.05, 0) is 32.8 Å². The summed E-state index contributed by atoms with van der Waals surface area (Å²) in [6.07, 6.45) is 2.47. The SMILES string of the molecule is CCCC(CO)(CO)Cc1cc(C)nn1CC. The van der Waals surface area contributed by atoms with Crippen LogP contribution in [0, 0.1) is 12.3 Å². The normalized spacial score (nSPS) is 12.1. The topological polar surface area (TPSA) is 58.3 Å². The Morgan fingerprint density at radius 1 is 1.29 bits per heavy atom. The maximum absolute atomic E-state index is 9.55. The van der Waals surface area contributed by atoms with Crippen molar-refractivity contribution in [3.8, 4) is 0 Å². The van der Waals surface area contributed by atoms with Gasteiger partial charge in [0.1, 0.15) is 0 Å². The van der Waals surface area contributed by atoms with Crippen LogP contribution < -0.4 is 0 Å². The smallest absolute Gasteiger partial charge is 0.0596 e. The van der Waals surface area contributed by atoms with Crippen LogP contribution in [0.1, 0.15) is 38.1 Å². The standard InChI is InChI=1S/C13H24N2O2/c1-4-6-13(9-16,10-17)8-12-7-11(3)14-15(12)5-2/h7,16-17H,4-6,8-10H2,1-3H3. The van der Waals surface area contributed by atoms with E-state index >= 15 is 0 Å². The number of aliphatic hydroxyl groups is 2. The van der Waals surface area contributed by atoms with E-state index in [-0.39, 0.29) is 13.2 Å². The quantitative estimate of drug-likeness (QED) is 0.760. The molecule has 0 atom stereocenters. The molecule has 0 radical (unpaired) electrons. The van der Waals surface area contributed by atoms with Gasteiger partial charge in [-0.2, -0.15) is 5.10 Å². The van der Waals surface area contributed by atoms with Crippen molar-refractivity contribution in [1.82, 2.24) is 9.78 Å². The molecule has 1 heterocycles. The fraction of sp³-hybridized carbons (Fsp3) is 0.769. The Labute approximate surface area is 103 Å². The van der Waals surface area contributed by atoms with Crippen molar-refractivity contribution in [2.75, 3.05) is 13.2 Å². The average Bonchev–Trinajstić information content (AvgIpc) is 2.68. The van der Waals surface area contributed by atoms with Crippen LogP contribution in [0.4, 0.5) is 0 Å². The molecule has 4 nitrogen and oxygen atoms in total. The van der Waals surface area contributed by atoms with E-state index in [9.17, 15) is 10.2 Å². The summed E-state index contributed by atoms with van der Waals surface area (Å²) in [4.78, 5) is 0. The van der Waals surface area contributed by atoms with Crippen LogP contribution >= 0.6 is 0 Å². The van der Waals surface area contributed by atoms with Crippen LogP contribution in [0.15, 0.2) is 6.07 Å². The van der Waals surface area contributed by atoms with Gasteiger partial charge >= 0.3 is 0 Å². The number of hydrogen-bond acceptors (Lipinski definition) is 3. The van der Waals surface area contributed by atoms with E-state index in [0.717, 1.165) is 30.8 Å². The maximum Gasteiger partial charge on any atom is 0.0596 e. The maximum atomic E-state index is 9.55. The van der Waals surface area contributed by atoms with Crippen LogP contribution in [-0.2, 0) is 13.0 Å². The largest absolute Gasteiger partial charge is 0.396 e. The van der Waals surface area contributed by atoms with Crippen LogP contribution in [0.25, 0.3) is 0 Å². The molecule has 0 aliphatic carbocycles. The van der Waals surface area contributed by atoms with Crippen molar-refractivity contribution in [2.45, 2.75) is 46.6 Å². The van der Waals surface area contributed by atoms with E-state index in [1.807, 2.05) is 17.7 Å². The minimum absolute atomic E-state index is 0.0191. The van der Waals surface area contributed by atoms with Crippen molar-refractivity contribution >= 4 is 0 Å². The van der Waals surface area contributed by atoms with Crippen molar-refractivity contribution in [2.24, 2.45) is 5.41 Å². The molecule has 0 saturated heterocycles. The summed E-state index contributed by atoms with van der Waals surface area (Å²) in [5, 5.41) is 23.5. The Bertz CT molecular complexity index is 343. The van der Waals surface area contributed by atoms with Crippen LogP contribution in [0.2, 0.25) is 0 Å². The zero-order valence-electron chi connectivity index (χ0n) is 11.1. The first kappa shape index (κ1) is 14.2. The molecule has 0 fully saturated rings. The Morgan fingerprint density at radius 2 is 1.94 bits per heavy atom. The van der Waals surface area contributed by atoms with Gasteiger partial charge in [0.15, 0.2) is 0 Å². The minimum atomic E-state index is -0.409. The monoisotopic (exact) mass is 240 g/mol. The highest BCUT2D eigenvalue weighted by Gasteiger charge is 2.29. The highest BCUT2D eigenvalue weighted by molar-refractivity contribution is 5.11. The molecule has 1 rings (SSSR count). The van der Waals surface area contributed by atoms with Crippen molar-refractivity contribution in [3.05, 3.63) is 17.5 Å². The zero-order valence-corrected chi connectivity index (χ0v) is 11.1. The molecular weight excluding hydrogens is 216 g/mol. The number of aryl methyl sites for hydroxylation is 2. The fourth-order valence-corrected chi connectivity index (χ4v) is 2.34. The average molecular weight is 240 g/mol. The molecule has 0 aliphatic rings. The van der Waals surface area contributed by atoms with Crippen LogP contribution in [0.3, 0.4) is 0 Å². The predicted octanol–water partition coefficient (Wildman–Crippen LogP) is 1.53. The van der Waals surface area contributed by atoms with Gasteiger partial charge in [0, 0.05) is 17.7 Å². The Balaban J connectivity index is 2.91. The lowest BCUT2D eigenvalue weighted by Crippen LogP contribution is -2.33. The molecule has 0 saturated carbocycles. The highest BCUT2D eigenvalue weighted by atomic mass is 16.3. The molecule has 0 amide bonds. The van der Waals surface area contributed by atoms with Crippen molar-refractivity contribution < 1.29 is 10.2 Å². The molecule has 4 heteroatoms. The summed E-state index contributed by atoms with van der Waals surface area (Å²) >= 11 is 0. The molecule has 0 bridgehead atoms. The molecule has 98 valence electrons. The lowest BCUT2D eigenvalue weighted by Gasteiger charge is -2.29. The van der Waals surface area contributed by atoms with Gasteiger partial charge in [0.05, 0.1) is 18.9 Å². The molecule has 1 aromatic rings. The zero-order chi connectivity index (χ0) is 12.9. The summed E-state index contributed by atoms with van der Waals surface area (Å²) in [7, 11) is 0. The first-order chi connectivity index (χ1) is 8.10. The van der Waals surface area contributed by atoms with E-state index in [1.165, 1.54) is 0 Å². The number of hydrogen-bond donors (Lipinski definition) is 2. The van der Waals surface area contributed by atoms with Gasteiger partial charge in [-0.3, -0.25) is 4.68 Å². The third-order valence-corrected chi connectivity index (χ3v) is 3.29. The summed E-state index contributed by atoms with van der Waals surface area (Å²) in [5.41, 5.74) is 1.68. The van der Waals surface area contributed by atoms with Gasteiger partial charge in [-0.15, -0.1) is 0 Å². The second-order valence-electron chi connectivity index (χ2n) is 4.84. The van der Waals surface area contributed by atoms with Gasteiger partial charge in [0.2, 0.25) is 0 Å². The van der Waals surface area contributed by atoms with Gasteiger partial charge < -0.3 is 10.2 Å². The van der Waals surface area contributed by atoms with Crippen LogP contribution in [0.5, 0.6) is 0 Å².